The average molecular weight is 245 g/mol. The maximum atomic E-state index is 5.71. The Labute approximate surface area is 110 Å². The molecule has 0 amide bonds. The molecule has 1 aromatic carbocycles. The number of hydrogen-bond acceptors (Lipinski definition) is 2. The molecule has 1 heterocycles. The second kappa shape index (κ2) is 6.60. The summed E-state index contributed by atoms with van der Waals surface area (Å²) < 4.78 is 5.71. The van der Waals surface area contributed by atoms with E-state index in [0.717, 1.165) is 38.2 Å². The maximum Gasteiger partial charge on any atom is 0.109 e. The molecule has 0 aliphatic carbocycles. The fourth-order valence-electron chi connectivity index (χ4n) is 2.35. The molecule has 1 unspecified atom stereocenters. The molecule has 0 aromatic heterocycles. The lowest BCUT2D eigenvalue weighted by Crippen LogP contribution is -2.33. The molecule has 98 valence electrons. The minimum Gasteiger partial charge on any atom is -0.496 e. The van der Waals surface area contributed by atoms with Crippen LogP contribution in [0.3, 0.4) is 0 Å². The molecule has 1 aliphatic rings. The highest BCUT2D eigenvalue weighted by atomic mass is 16.5. The van der Waals surface area contributed by atoms with Crippen molar-refractivity contribution in [2.45, 2.75) is 39.2 Å². The van der Waals surface area contributed by atoms with E-state index in [0.29, 0.717) is 6.04 Å². The van der Waals surface area contributed by atoms with Crippen LogP contribution in [-0.2, 0) is 11.2 Å². The fraction of sp³-hybridized carbons (Fsp3) is 0.500. The van der Waals surface area contributed by atoms with Crippen molar-refractivity contribution in [2.24, 2.45) is 0 Å². The van der Waals surface area contributed by atoms with Crippen molar-refractivity contribution in [2.75, 3.05) is 13.2 Å². The summed E-state index contributed by atoms with van der Waals surface area (Å²) in [6, 6.07) is 9.06. The van der Waals surface area contributed by atoms with E-state index in [1.165, 1.54) is 11.1 Å². The van der Waals surface area contributed by atoms with Crippen molar-refractivity contribution < 1.29 is 4.74 Å². The summed E-state index contributed by atoms with van der Waals surface area (Å²) in [6.45, 7) is 6.22. The largest absolute Gasteiger partial charge is 0.496 e. The van der Waals surface area contributed by atoms with Crippen LogP contribution in [0.2, 0.25) is 0 Å². The Balaban J connectivity index is 2.04. The number of ether oxygens (including phenoxy) is 1. The van der Waals surface area contributed by atoms with Crippen molar-refractivity contribution >= 4 is 0 Å². The third kappa shape index (κ3) is 3.61. The van der Waals surface area contributed by atoms with Crippen LogP contribution in [0.1, 0.15) is 30.9 Å². The first-order chi connectivity index (χ1) is 8.79. The lowest BCUT2D eigenvalue weighted by Gasteiger charge is -2.20. The quantitative estimate of drug-likeness (QED) is 0.831. The molecule has 1 atom stereocenters. The van der Waals surface area contributed by atoms with Gasteiger partial charge in [-0.1, -0.05) is 36.8 Å². The van der Waals surface area contributed by atoms with E-state index in [9.17, 15) is 0 Å². The van der Waals surface area contributed by atoms with E-state index >= 15 is 0 Å². The number of aryl methyl sites for hydroxylation is 1. The van der Waals surface area contributed by atoms with Gasteiger partial charge in [-0.15, -0.1) is 0 Å². The fourth-order valence-corrected chi connectivity index (χ4v) is 2.35. The molecule has 0 bridgehead atoms. The van der Waals surface area contributed by atoms with E-state index in [1.807, 2.05) is 0 Å². The van der Waals surface area contributed by atoms with Crippen molar-refractivity contribution in [3.05, 3.63) is 47.2 Å². The minimum absolute atomic E-state index is 0.328. The number of nitrogens with one attached hydrogen (secondary N) is 1. The Kier molecular flexibility index (Phi) is 4.82. The van der Waals surface area contributed by atoms with E-state index in [4.69, 9.17) is 4.74 Å². The Bertz CT molecular complexity index is 411. The first kappa shape index (κ1) is 13.2. The number of hydrogen-bond donors (Lipinski definition) is 1. The van der Waals surface area contributed by atoms with E-state index in [2.05, 4.69) is 49.5 Å². The summed E-state index contributed by atoms with van der Waals surface area (Å²) in [7, 11) is 0. The molecule has 1 aromatic rings. The first-order valence-corrected chi connectivity index (χ1v) is 6.91. The maximum absolute atomic E-state index is 5.71. The Morgan fingerprint density at radius 2 is 2.28 bits per heavy atom. The summed E-state index contributed by atoms with van der Waals surface area (Å²) in [4.78, 5) is 0. The van der Waals surface area contributed by atoms with Gasteiger partial charge in [-0.05, 0) is 37.9 Å². The van der Waals surface area contributed by atoms with Crippen LogP contribution >= 0.6 is 0 Å². The molecule has 1 aliphatic heterocycles. The van der Waals surface area contributed by atoms with Crippen LogP contribution in [0.25, 0.3) is 0 Å². The Morgan fingerprint density at radius 1 is 1.39 bits per heavy atom. The summed E-state index contributed by atoms with van der Waals surface area (Å²) in [5, 5.41) is 3.59. The van der Waals surface area contributed by atoms with Gasteiger partial charge in [0.25, 0.3) is 0 Å². The third-order valence-electron chi connectivity index (χ3n) is 3.24. The van der Waals surface area contributed by atoms with Crippen LogP contribution in [0.5, 0.6) is 0 Å². The highest BCUT2D eigenvalue weighted by Crippen LogP contribution is 2.18. The van der Waals surface area contributed by atoms with Gasteiger partial charge in [0.2, 0.25) is 0 Å². The van der Waals surface area contributed by atoms with Crippen LogP contribution in [0, 0.1) is 6.92 Å². The van der Waals surface area contributed by atoms with Crippen LogP contribution in [0.4, 0.5) is 0 Å². The van der Waals surface area contributed by atoms with Gasteiger partial charge in [0.05, 0.1) is 12.6 Å². The number of rotatable bonds is 6. The molecule has 18 heavy (non-hydrogen) atoms. The third-order valence-corrected chi connectivity index (χ3v) is 3.24. The molecule has 0 saturated heterocycles. The predicted octanol–water partition coefficient (Wildman–Crippen LogP) is 3.21. The molecular formula is C16H23NO. The monoisotopic (exact) mass is 245 g/mol. The van der Waals surface area contributed by atoms with Gasteiger partial charge in [0.1, 0.15) is 5.76 Å². The van der Waals surface area contributed by atoms with Gasteiger partial charge in [-0.2, -0.15) is 0 Å². The zero-order valence-electron chi connectivity index (χ0n) is 11.4. The van der Waals surface area contributed by atoms with Gasteiger partial charge in [-0.3, -0.25) is 0 Å². The van der Waals surface area contributed by atoms with Gasteiger partial charge < -0.3 is 10.1 Å². The van der Waals surface area contributed by atoms with Gasteiger partial charge >= 0.3 is 0 Å². The molecule has 1 N–H and O–H groups in total. The van der Waals surface area contributed by atoms with Crippen molar-refractivity contribution in [3.63, 3.8) is 0 Å². The minimum atomic E-state index is 0.328. The van der Waals surface area contributed by atoms with Gasteiger partial charge in [0, 0.05) is 6.42 Å². The average Bonchev–Trinajstić information content (AvgIpc) is 2.88. The second-order valence-corrected chi connectivity index (χ2v) is 4.94. The first-order valence-electron chi connectivity index (χ1n) is 6.91. The van der Waals surface area contributed by atoms with Crippen LogP contribution in [0.15, 0.2) is 36.1 Å². The molecule has 0 radical (unpaired) electrons. The molecule has 2 rings (SSSR count). The lowest BCUT2D eigenvalue weighted by atomic mass is 10.0. The topological polar surface area (TPSA) is 21.3 Å². The predicted molar refractivity (Wildman–Crippen MR) is 75.6 cm³/mol. The second-order valence-electron chi connectivity index (χ2n) is 4.94. The summed E-state index contributed by atoms with van der Waals surface area (Å²) >= 11 is 0. The molecule has 0 fully saturated rings. The Morgan fingerprint density at radius 3 is 2.94 bits per heavy atom. The molecule has 0 spiro atoms. The van der Waals surface area contributed by atoms with Crippen molar-refractivity contribution in [1.82, 2.24) is 5.32 Å². The highest BCUT2D eigenvalue weighted by molar-refractivity contribution is 5.25. The SMILES string of the molecule is CCCNC(Cc1cccc(C)c1)C1=CCCO1. The lowest BCUT2D eigenvalue weighted by molar-refractivity contribution is 0.214. The zero-order valence-corrected chi connectivity index (χ0v) is 11.4. The number of benzene rings is 1. The zero-order chi connectivity index (χ0) is 12.8. The smallest absolute Gasteiger partial charge is 0.109 e. The van der Waals surface area contributed by atoms with Gasteiger partial charge in [-0.25, -0.2) is 0 Å². The van der Waals surface area contributed by atoms with Gasteiger partial charge in [0.15, 0.2) is 0 Å². The van der Waals surface area contributed by atoms with E-state index in [1.54, 1.807) is 0 Å². The summed E-state index contributed by atoms with van der Waals surface area (Å²) in [5.41, 5.74) is 2.70. The summed E-state index contributed by atoms with van der Waals surface area (Å²) in [5.74, 6) is 1.13. The highest BCUT2D eigenvalue weighted by Gasteiger charge is 2.18. The van der Waals surface area contributed by atoms with Crippen molar-refractivity contribution in [3.8, 4) is 0 Å². The standard InChI is InChI=1S/C16H23NO/c1-3-9-17-15(16-8-5-10-18-16)12-14-7-4-6-13(2)11-14/h4,6-8,11,15,17H,3,5,9-10,12H2,1-2H3. The molecular weight excluding hydrogens is 222 g/mol. The molecule has 2 nitrogen and oxygen atoms in total. The normalized spacial score (nSPS) is 16.2. The van der Waals surface area contributed by atoms with Crippen LogP contribution < -0.4 is 5.32 Å². The van der Waals surface area contributed by atoms with E-state index in [-0.39, 0.29) is 0 Å². The van der Waals surface area contributed by atoms with Crippen molar-refractivity contribution in [1.29, 1.82) is 0 Å². The summed E-state index contributed by atoms with van der Waals surface area (Å²) in [6.07, 6.45) is 5.43. The Hall–Kier alpha value is -1.28. The molecule has 2 heteroatoms. The molecule has 0 saturated carbocycles. The van der Waals surface area contributed by atoms with Crippen LogP contribution in [-0.4, -0.2) is 19.2 Å². The van der Waals surface area contributed by atoms with E-state index < -0.39 is 0 Å².